The summed E-state index contributed by atoms with van der Waals surface area (Å²) in [6, 6.07) is 6.28. The van der Waals surface area contributed by atoms with Gasteiger partial charge < -0.3 is 10.0 Å². The molecule has 1 aliphatic rings. The number of hydrogen-bond acceptors (Lipinski definition) is 3. The van der Waals surface area contributed by atoms with Gasteiger partial charge in [0.25, 0.3) is 0 Å². The van der Waals surface area contributed by atoms with Crippen LogP contribution in [-0.2, 0) is 0 Å². The lowest BCUT2D eigenvalue weighted by molar-refractivity contribution is 0.198. The van der Waals surface area contributed by atoms with Crippen LogP contribution in [0.3, 0.4) is 0 Å². The maximum absolute atomic E-state index is 13.5. The second-order valence-electron chi connectivity index (χ2n) is 3.67. The normalized spacial score (nSPS) is 20.3. The molecule has 78 valence electrons. The first-order valence-electron chi connectivity index (χ1n) is 4.83. The van der Waals surface area contributed by atoms with E-state index in [1.54, 1.807) is 17.0 Å². The predicted molar refractivity (Wildman–Crippen MR) is 54.0 cm³/mol. The van der Waals surface area contributed by atoms with Crippen LogP contribution >= 0.6 is 0 Å². The lowest BCUT2D eigenvalue weighted by Gasteiger charge is -2.18. The molecular formula is C11H11FN2O. The Morgan fingerprint density at radius 1 is 1.53 bits per heavy atom. The van der Waals surface area contributed by atoms with E-state index in [1.165, 1.54) is 6.07 Å². The molecule has 1 aromatic carbocycles. The predicted octanol–water partition coefficient (Wildman–Crippen LogP) is 1.27. The Balaban J connectivity index is 2.26. The van der Waals surface area contributed by atoms with Gasteiger partial charge in [0.05, 0.1) is 23.4 Å². The molecule has 0 aromatic heterocycles. The highest BCUT2D eigenvalue weighted by molar-refractivity contribution is 5.52. The van der Waals surface area contributed by atoms with E-state index >= 15 is 0 Å². The third-order valence-corrected chi connectivity index (χ3v) is 2.58. The lowest BCUT2D eigenvalue weighted by Crippen LogP contribution is -2.22. The number of β-amino-alcohol motifs (C(OH)–C–C–N with tert-alkyl or cyclic N) is 1. The highest BCUT2D eigenvalue weighted by Crippen LogP contribution is 2.24. The van der Waals surface area contributed by atoms with Crippen molar-refractivity contribution in [2.24, 2.45) is 0 Å². The van der Waals surface area contributed by atoms with E-state index in [-0.39, 0.29) is 6.10 Å². The third kappa shape index (κ3) is 1.92. The minimum absolute atomic E-state index is 0.316. The van der Waals surface area contributed by atoms with Gasteiger partial charge in [0.15, 0.2) is 0 Å². The minimum Gasteiger partial charge on any atom is -0.391 e. The van der Waals surface area contributed by atoms with Crippen molar-refractivity contribution in [1.82, 2.24) is 0 Å². The van der Waals surface area contributed by atoms with E-state index in [1.807, 2.05) is 6.07 Å². The van der Waals surface area contributed by atoms with Crippen LogP contribution in [0, 0.1) is 17.1 Å². The van der Waals surface area contributed by atoms with E-state index in [2.05, 4.69) is 0 Å². The van der Waals surface area contributed by atoms with Crippen molar-refractivity contribution in [3.05, 3.63) is 29.6 Å². The van der Waals surface area contributed by atoms with Crippen LogP contribution in [0.1, 0.15) is 12.0 Å². The number of rotatable bonds is 1. The summed E-state index contributed by atoms with van der Waals surface area (Å²) in [5, 5.41) is 17.9. The average molecular weight is 206 g/mol. The number of anilines is 1. The zero-order valence-corrected chi connectivity index (χ0v) is 8.15. The van der Waals surface area contributed by atoms with Crippen LogP contribution < -0.4 is 4.90 Å². The summed E-state index contributed by atoms with van der Waals surface area (Å²) in [6.07, 6.45) is 0.291. The number of aliphatic hydroxyl groups is 1. The molecule has 0 aliphatic carbocycles. The van der Waals surface area contributed by atoms with E-state index in [4.69, 9.17) is 5.26 Å². The third-order valence-electron chi connectivity index (χ3n) is 2.58. The van der Waals surface area contributed by atoms with Crippen LogP contribution in [0.15, 0.2) is 18.2 Å². The molecule has 0 unspecified atom stereocenters. The number of aliphatic hydroxyl groups excluding tert-OH is 1. The SMILES string of the molecule is N#Cc1ccc(N2CC[C@@H](O)C2)c(F)c1. The molecule has 1 atom stereocenters. The van der Waals surface area contributed by atoms with Crippen LogP contribution in [0.2, 0.25) is 0 Å². The Labute approximate surface area is 87.4 Å². The van der Waals surface area contributed by atoms with Crippen molar-refractivity contribution >= 4 is 5.69 Å². The zero-order chi connectivity index (χ0) is 10.8. The average Bonchev–Trinajstić information content (AvgIpc) is 2.64. The highest BCUT2D eigenvalue weighted by Gasteiger charge is 2.22. The van der Waals surface area contributed by atoms with E-state index in [0.717, 1.165) is 0 Å². The maximum Gasteiger partial charge on any atom is 0.147 e. The molecule has 0 bridgehead atoms. The Morgan fingerprint density at radius 3 is 2.87 bits per heavy atom. The van der Waals surface area contributed by atoms with Gasteiger partial charge in [-0.1, -0.05) is 0 Å². The fraction of sp³-hybridized carbons (Fsp3) is 0.364. The molecule has 0 spiro atoms. The summed E-state index contributed by atoms with van der Waals surface area (Å²) < 4.78 is 13.5. The molecular weight excluding hydrogens is 195 g/mol. The van der Waals surface area contributed by atoms with Crippen LogP contribution in [0.25, 0.3) is 0 Å². The van der Waals surface area contributed by atoms with Crippen molar-refractivity contribution in [2.75, 3.05) is 18.0 Å². The van der Waals surface area contributed by atoms with Gasteiger partial charge in [0.1, 0.15) is 5.82 Å². The van der Waals surface area contributed by atoms with Gasteiger partial charge in [0.2, 0.25) is 0 Å². The van der Waals surface area contributed by atoms with Gasteiger partial charge >= 0.3 is 0 Å². The van der Waals surface area contributed by atoms with E-state index < -0.39 is 5.82 Å². The second kappa shape index (κ2) is 3.87. The molecule has 1 saturated heterocycles. The first kappa shape index (κ1) is 9.94. The van der Waals surface area contributed by atoms with Crippen LogP contribution in [0.4, 0.5) is 10.1 Å². The summed E-state index contributed by atoms with van der Waals surface area (Å²) in [4.78, 5) is 1.79. The number of nitriles is 1. The lowest BCUT2D eigenvalue weighted by atomic mass is 10.2. The largest absolute Gasteiger partial charge is 0.391 e. The number of benzene rings is 1. The van der Waals surface area contributed by atoms with Crippen LogP contribution in [0.5, 0.6) is 0 Å². The molecule has 15 heavy (non-hydrogen) atoms. The molecule has 0 radical (unpaired) electrons. The van der Waals surface area contributed by atoms with Crippen molar-refractivity contribution in [1.29, 1.82) is 5.26 Å². The molecule has 0 amide bonds. The number of hydrogen-bond donors (Lipinski definition) is 1. The molecule has 1 aliphatic heterocycles. The summed E-state index contributed by atoms with van der Waals surface area (Å²) in [5.74, 6) is -0.400. The summed E-state index contributed by atoms with van der Waals surface area (Å²) in [6.45, 7) is 1.12. The Morgan fingerprint density at radius 2 is 2.33 bits per heavy atom. The second-order valence-corrected chi connectivity index (χ2v) is 3.67. The Bertz CT molecular complexity index is 414. The fourth-order valence-corrected chi connectivity index (χ4v) is 1.79. The van der Waals surface area contributed by atoms with Gasteiger partial charge in [-0.2, -0.15) is 5.26 Å². The van der Waals surface area contributed by atoms with Gasteiger partial charge in [-0.15, -0.1) is 0 Å². The van der Waals surface area contributed by atoms with Crippen molar-refractivity contribution < 1.29 is 9.50 Å². The standard InChI is InChI=1S/C11H11FN2O/c12-10-5-8(6-13)1-2-11(10)14-4-3-9(15)7-14/h1-2,5,9,15H,3-4,7H2/t9-/m1/s1. The Kier molecular flexibility index (Phi) is 2.57. The first-order chi connectivity index (χ1) is 7.20. The van der Waals surface area contributed by atoms with Gasteiger partial charge in [0, 0.05) is 13.1 Å². The molecule has 0 saturated carbocycles. The monoisotopic (exact) mass is 206 g/mol. The van der Waals surface area contributed by atoms with Crippen LogP contribution in [-0.4, -0.2) is 24.3 Å². The quantitative estimate of drug-likeness (QED) is 0.752. The highest BCUT2D eigenvalue weighted by atomic mass is 19.1. The topological polar surface area (TPSA) is 47.3 Å². The number of nitrogens with zero attached hydrogens (tertiary/aromatic N) is 2. The summed E-state index contributed by atoms with van der Waals surface area (Å²) in [7, 11) is 0. The van der Waals surface area contributed by atoms with Crippen molar-refractivity contribution in [2.45, 2.75) is 12.5 Å². The molecule has 2 rings (SSSR count). The zero-order valence-electron chi connectivity index (χ0n) is 8.15. The molecule has 1 aromatic rings. The van der Waals surface area contributed by atoms with E-state index in [0.29, 0.717) is 30.8 Å². The van der Waals surface area contributed by atoms with E-state index in [9.17, 15) is 9.50 Å². The minimum atomic E-state index is -0.400. The molecule has 1 fully saturated rings. The summed E-state index contributed by atoms with van der Waals surface area (Å²) >= 11 is 0. The molecule has 1 N–H and O–H groups in total. The summed E-state index contributed by atoms with van der Waals surface area (Å²) in [5.41, 5.74) is 0.779. The molecule has 3 nitrogen and oxygen atoms in total. The van der Waals surface area contributed by atoms with Gasteiger partial charge in [-0.3, -0.25) is 0 Å². The molecule has 4 heteroatoms. The van der Waals surface area contributed by atoms with Crippen molar-refractivity contribution in [3.8, 4) is 6.07 Å². The maximum atomic E-state index is 13.5. The molecule has 1 heterocycles. The first-order valence-corrected chi connectivity index (χ1v) is 4.83. The smallest absolute Gasteiger partial charge is 0.147 e. The van der Waals surface area contributed by atoms with Gasteiger partial charge in [-0.25, -0.2) is 4.39 Å². The Hall–Kier alpha value is -1.60. The fourth-order valence-electron chi connectivity index (χ4n) is 1.79. The van der Waals surface area contributed by atoms with Gasteiger partial charge in [-0.05, 0) is 24.6 Å². The van der Waals surface area contributed by atoms with Crippen molar-refractivity contribution in [3.63, 3.8) is 0 Å². The number of halogens is 1.